The Kier molecular flexibility index (Phi) is 11.3. The third-order valence-corrected chi connectivity index (χ3v) is 7.98. The average molecular weight is 603 g/mol. The van der Waals surface area contributed by atoms with Crippen LogP contribution in [0.25, 0.3) is 5.57 Å². The number of hydrogen-bond acceptors (Lipinski definition) is 7. The highest BCUT2D eigenvalue weighted by molar-refractivity contribution is 6.03. The molecule has 0 saturated carbocycles. The number of nitriles is 1. The molecule has 10 nitrogen and oxygen atoms in total. The van der Waals surface area contributed by atoms with E-state index in [1.54, 1.807) is 0 Å². The third-order valence-electron chi connectivity index (χ3n) is 7.98. The van der Waals surface area contributed by atoms with Crippen LogP contribution in [0.15, 0.2) is 30.5 Å². The number of allylic oxidation sites excluding steroid dienone is 2. The molecule has 0 spiro atoms. The van der Waals surface area contributed by atoms with Crippen LogP contribution in [-0.2, 0) is 9.53 Å². The number of nitrogens with zero attached hydrogens (tertiary/aromatic N) is 4. The standard InChI is InChI=1S/C28H36N6O2.C2HF3O2/c29-19-24-20-30-27(31-24)28(35)32-26-7-6-23(18-25(26)22-4-2-1-3-5-22)21-8-10-33(11-9-21)12-13-34-14-16-36-17-15-34;3-2(4,5)1(6)7/h4,6-7,18,20-21H,1-3,5,8-17H2,(H,30,31)(H,32,35);(H,6,7). The van der Waals surface area contributed by atoms with Gasteiger partial charge in [0.1, 0.15) is 11.8 Å². The Morgan fingerprint density at radius 1 is 1.12 bits per heavy atom. The van der Waals surface area contributed by atoms with Crippen molar-refractivity contribution in [3.63, 3.8) is 0 Å². The van der Waals surface area contributed by atoms with E-state index in [0.29, 0.717) is 5.92 Å². The van der Waals surface area contributed by atoms with Gasteiger partial charge < -0.3 is 25.0 Å². The van der Waals surface area contributed by atoms with Gasteiger partial charge in [-0.1, -0.05) is 12.1 Å². The van der Waals surface area contributed by atoms with E-state index in [9.17, 15) is 18.0 Å². The topological polar surface area (TPSA) is 135 Å². The number of ether oxygens (including phenoxy) is 1. The van der Waals surface area contributed by atoms with Crippen LogP contribution in [0.4, 0.5) is 18.9 Å². The van der Waals surface area contributed by atoms with Crippen LogP contribution in [0.5, 0.6) is 0 Å². The molecule has 0 atom stereocenters. The number of H-pyrrole nitrogens is 1. The van der Waals surface area contributed by atoms with Gasteiger partial charge in [-0.15, -0.1) is 0 Å². The molecule has 2 saturated heterocycles. The van der Waals surface area contributed by atoms with Gasteiger partial charge >= 0.3 is 12.1 Å². The first-order chi connectivity index (χ1) is 20.6. The largest absolute Gasteiger partial charge is 0.490 e. The minimum atomic E-state index is -5.08. The molecule has 3 N–H and O–H groups in total. The number of imidazole rings is 1. The summed E-state index contributed by atoms with van der Waals surface area (Å²) in [4.78, 5) is 33.7. The van der Waals surface area contributed by atoms with Gasteiger partial charge in [-0.2, -0.15) is 18.4 Å². The number of aliphatic carboxylic acids is 1. The molecule has 1 aromatic carbocycles. The van der Waals surface area contributed by atoms with E-state index in [0.717, 1.165) is 89.4 Å². The summed E-state index contributed by atoms with van der Waals surface area (Å²) in [5.41, 5.74) is 4.91. The summed E-state index contributed by atoms with van der Waals surface area (Å²) < 4.78 is 37.2. The highest BCUT2D eigenvalue weighted by Crippen LogP contribution is 2.36. The van der Waals surface area contributed by atoms with Gasteiger partial charge in [-0.05, 0) is 80.8 Å². The maximum Gasteiger partial charge on any atom is 0.490 e. The van der Waals surface area contributed by atoms with Gasteiger partial charge in [-0.3, -0.25) is 9.69 Å². The third kappa shape index (κ3) is 9.38. The number of aromatic amines is 1. The molecule has 1 aromatic heterocycles. The van der Waals surface area contributed by atoms with Crippen molar-refractivity contribution in [3.8, 4) is 6.07 Å². The summed E-state index contributed by atoms with van der Waals surface area (Å²) in [7, 11) is 0. The molecular formula is C30H37F3N6O4. The molecule has 5 rings (SSSR count). The molecule has 232 valence electrons. The van der Waals surface area contributed by atoms with Gasteiger partial charge in [0.15, 0.2) is 5.82 Å². The number of hydrogen-bond donors (Lipinski definition) is 3. The predicted octanol–water partition coefficient (Wildman–Crippen LogP) is 4.64. The Hall–Kier alpha value is -3.73. The number of rotatable bonds is 7. The zero-order valence-electron chi connectivity index (χ0n) is 24.0. The molecule has 3 heterocycles. The van der Waals surface area contributed by atoms with Gasteiger partial charge in [0, 0.05) is 37.4 Å². The van der Waals surface area contributed by atoms with Gasteiger partial charge in [0.25, 0.3) is 5.91 Å². The van der Waals surface area contributed by atoms with E-state index in [-0.39, 0.29) is 17.4 Å². The number of likely N-dealkylation sites (tertiary alicyclic amines) is 1. The van der Waals surface area contributed by atoms with E-state index in [2.05, 4.69) is 49.4 Å². The number of alkyl halides is 3. The number of benzene rings is 1. The van der Waals surface area contributed by atoms with Gasteiger partial charge in [-0.25, -0.2) is 9.78 Å². The van der Waals surface area contributed by atoms with Crippen molar-refractivity contribution in [2.75, 3.05) is 57.8 Å². The SMILES string of the molecule is N#Cc1cnc(C(=O)Nc2ccc(C3CCN(CCN4CCOCC4)CC3)cc2C2=CCCCC2)[nH]1.O=C(O)C(F)(F)F. The molecule has 13 heteroatoms. The lowest BCUT2D eigenvalue weighted by molar-refractivity contribution is -0.192. The molecule has 1 amide bonds. The molecule has 43 heavy (non-hydrogen) atoms. The number of nitrogens with one attached hydrogen (secondary N) is 2. The summed E-state index contributed by atoms with van der Waals surface area (Å²) in [6, 6.07) is 8.52. The summed E-state index contributed by atoms with van der Waals surface area (Å²) in [6.45, 7) is 8.35. The number of piperidine rings is 1. The van der Waals surface area contributed by atoms with Crippen LogP contribution in [-0.4, -0.2) is 95.4 Å². The number of morpholine rings is 1. The van der Waals surface area contributed by atoms with Crippen molar-refractivity contribution in [1.82, 2.24) is 19.8 Å². The van der Waals surface area contributed by atoms with Crippen molar-refractivity contribution in [1.29, 1.82) is 5.26 Å². The maximum atomic E-state index is 12.8. The number of anilines is 1. The number of carbonyl (C=O) groups excluding carboxylic acids is 1. The predicted molar refractivity (Wildman–Crippen MR) is 154 cm³/mol. The van der Waals surface area contributed by atoms with Crippen molar-refractivity contribution < 1.29 is 32.6 Å². The van der Waals surface area contributed by atoms with Crippen LogP contribution in [0, 0.1) is 11.3 Å². The van der Waals surface area contributed by atoms with Crippen LogP contribution in [0.2, 0.25) is 0 Å². The molecule has 1 aliphatic carbocycles. The molecule has 0 bridgehead atoms. The first kappa shape index (κ1) is 32.2. The molecule has 2 fully saturated rings. The highest BCUT2D eigenvalue weighted by Gasteiger charge is 2.38. The van der Waals surface area contributed by atoms with Gasteiger partial charge in [0.2, 0.25) is 0 Å². The van der Waals surface area contributed by atoms with Crippen molar-refractivity contribution in [2.45, 2.75) is 50.6 Å². The number of aromatic nitrogens is 2. The summed E-state index contributed by atoms with van der Waals surface area (Å²) in [5, 5.41) is 19.2. The summed E-state index contributed by atoms with van der Waals surface area (Å²) in [5.74, 6) is -2.38. The van der Waals surface area contributed by atoms with E-state index >= 15 is 0 Å². The van der Waals surface area contributed by atoms with E-state index in [4.69, 9.17) is 19.9 Å². The van der Waals surface area contributed by atoms with E-state index in [1.165, 1.54) is 30.2 Å². The fourth-order valence-electron chi connectivity index (χ4n) is 5.55. The Bertz CT molecular complexity index is 1320. The second-order valence-electron chi connectivity index (χ2n) is 10.9. The highest BCUT2D eigenvalue weighted by atomic mass is 19.4. The maximum absolute atomic E-state index is 12.8. The lowest BCUT2D eigenvalue weighted by Gasteiger charge is -2.35. The normalized spacial score (nSPS) is 18.6. The Morgan fingerprint density at radius 3 is 2.37 bits per heavy atom. The number of carboxylic acid groups (broad SMARTS) is 1. The summed E-state index contributed by atoms with van der Waals surface area (Å²) >= 11 is 0. The Balaban J connectivity index is 0.000000541. The first-order valence-electron chi connectivity index (χ1n) is 14.6. The van der Waals surface area contributed by atoms with E-state index in [1.807, 2.05) is 6.07 Å². The fraction of sp³-hybridized carbons (Fsp3) is 0.533. The Labute approximate surface area is 248 Å². The number of amides is 1. The van der Waals surface area contributed by atoms with E-state index < -0.39 is 12.1 Å². The number of halogens is 3. The molecule has 2 aliphatic heterocycles. The molecule has 0 radical (unpaired) electrons. The first-order valence-corrected chi connectivity index (χ1v) is 14.6. The monoisotopic (exact) mass is 602 g/mol. The second kappa shape index (κ2) is 15.1. The quantitative estimate of drug-likeness (QED) is 0.418. The van der Waals surface area contributed by atoms with Crippen LogP contribution >= 0.6 is 0 Å². The molecule has 2 aromatic rings. The van der Waals surface area contributed by atoms with Crippen molar-refractivity contribution in [3.05, 3.63) is 53.1 Å². The lowest BCUT2D eigenvalue weighted by atomic mass is 9.85. The van der Waals surface area contributed by atoms with Crippen LogP contribution < -0.4 is 5.32 Å². The molecule has 3 aliphatic rings. The number of carbonyl (C=O) groups is 2. The average Bonchev–Trinajstić information content (AvgIpc) is 3.51. The summed E-state index contributed by atoms with van der Waals surface area (Å²) in [6.07, 6.45) is 5.46. The Morgan fingerprint density at radius 2 is 1.79 bits per heavy atom. The fourth-order valence-corrected chi connectivity index (χ4v) is 5.55. The minimum absolute atomic E-state index is 0.156. The van der Waals surface area contributed by atoms with Crippen molar-refractivity contribution >= 4 is 23.1 Å². The lowest BCUT2D eigenvalue weighted by Crippen LogP contribution is -2.43. The van der Waals surface area contributed by atoms with Crippen molar-refractivity contribution in [2.24, 2.45) is 0 Å². The number of carboxylic acids is 1. The zero-order chi connectivity index (χ0) is 30.8. The second-order valence-corrected chi connectivity index (χ2v) is 10.9. The molecular weight excluding hydrogens is 565 g/mol. The zero-order valence-corrected chi connectivity index (χ0v) is 24.0. The van der Waals surface area contributed by atoms with Crippen LogP contribution in [0.1, 0.15) is 71.9 Å². The minimum Gasteiger partial charge on any atom is -0.475 e. The smallest absolute Gasteiger partial charge is 0.475 e. The van der Waals surface area contributed by atoms with Crippen LogP contribution in [0.3, 0.4) is 0 Å². The van der Waals surface area contributed by atoms with Gasteiger partial charge in [0.05, 0.1) is 19.4 Å². The molecule has 0 unspecified atom stereocenters.